The van der Waals surface area contributed by atoms with Crippen LogP contribution in [0.1, 0.15) is 52.6 Å². The van der Waals surface area contributed by atoms with Crippen LogP contribution in [0.3, 0.4) is 0 Å². The summed E-state index contributed by atoms with van der Waals surface area (Å²) in [5, 5.41) is 3.37. The maximum atomic E-state index is 12.4. The standard InChI is InChI=1S/C16H28N2O2S/c1-6-10-17-14(5)15-8-7-9-16(11-15)21(19,20)18-13(4)12(2)3/h7-9,11-14,17-18H,6,10H2,1-5H3. The Morgan fingerprint density at radius 2 is 1.81 bits per heavy atom. The average Bonchev–Trinajstić information content (AvgIpc) is 2.44. The fraction of sp³-hybridized carbons (Fsp3) is 0.625. The van der Waals surface area contributed by atoms with E-state index < -0.39 is 10.0 Å². The zero-order valence-corrected chi connectivity index (χ0v) is 14.5. The molecule has 0 fully saturated rings. The van der Waals surface area contributed by atoms with Gasteiger partial charge in [0.2, 0.25) is 10.0 Å². The van der Waals surface area contributed by atoms with Crippen molar-refractivity contribution in [3.63, 3.8) is 0 Å². The Balaban J connectivity index is 2.93. The first kappa shape index (κ1) is 18.1. The van der Waals surface area contributed by atoms with Gasteiger partial charge >= 0.3 is 0 Å². The van der Waals surface area contributed by atoms with E-state index in [1.165, 1.54) is 0 Å². The summed E-state index contributed by atoms with van der Waals surface area (Å²) >= 11 is 0. The summed E-state index contributed by atoms with van der Waals surface area (Å²) in [6.45, 7) is 11.0. The van der Waals surface area contributed by atoms with Crippen LogP contribution in [0.15, 0.2) is 29.2 Å². The number of hydrogen-bond donors (Lipinski definition) is 2. The Kier molecular flexibility index (Phi) is 6.84. The molecule has 2 atom stereocenters. The highest BCUT2D eigenvalue weighted by Crippen LogP contribution is 2.18. The highest BCUT2D eigenvalue weighted by Gasteiger charge is 2.20. The van der Waals surface area contributed by atoms with Gasteiger partial charge in [0.25, 0.3) is 0 Å². The second kappa shape index (κ2) is 7.92. The molecular weight excluding hydrogens is 284 g/mol. The van der Waals surface area contributed by atoms with Gasteiger partial charge in [-0.2, -0.15) is 0 Å². The third-order valence-electron chi connectivity index (χ3n) is 3.71. The van der Waals surface area contributed by atoms with E-state index in [0.717, 1.165) is 18.5 Å². The van der Waals surface area contributed by atoms with E-state index in [-0.39, 0.29) is 18.0 Å². The van der Waals surface area contributed by atoms with E-state index in [1.807, 2.05) is 33.8 Å². The first-order valence-corrected chi connectivity index (χ1v) is 9.12. The molecule has 4 nitrogen and oxygen atoms in total. The quantitative estimate of drug-likeness (QED) is 0.775. The lowest BCUT2D eigenvalue weighted by Crippen LogP contribution is -2.36. The average molecular weight is 312 g/mol. The fourth-order valence-corrected chi connectivity index (χ4v) is 3.33. The van der Waals surface area contributed by atoms with Crippen LogP contribution in [-0.4, -0.2) is 21.0 Å². The van der Waals surface area contributed by atoms with Gasteiger partial charge in [-0.25, -0.2) is 13.1 Å². The van der Waals surface area contributed by atoms with Crippen LogP contribution in [0.5, 0.6) is 0 Å². The third kappa shape index (κ3) is 5.41. The predicted molar refractivity (Wildman–Crippen MR) is 87.8 cm³/mol. The van der Waals surface area contributed by atoms with Crippen LogP contribution >= 0.6 is 0 Å². The molecule has 1 aromatic rings. The Labute approximate surface area is 129 Å². The van der Waals surface area contributed by atoms with Crippen LogP contribution in [0, 0.1) is 5.92 Å². The van der Waals surface area contributed by atoms with Crippen LogP contribution in [-0.2, 0) is 10.0 Å². The number of nitrogens with one attached hydrogen (secondary N) is 2. The first-order valence-electron chi connectivity index (χ1n) is 7.63. The molecule has 2 unspecified atom stereocenters. The van der Waals surface area contributed by atoms with Gasteiger partial charge in [-0.1, -0.05) is 32.9 Å². The van der Waals surface area contributed by atoms with E-state index in [9.17, 15) is 8.42 Å². The van der Waals surface area contributed by atoms with Crippen LogP contribution < -0.4 is 10.0 Å². The number of sulfonamides is 1. The molecule has 1 aromatic carbocycles. The lowest BCUT2D eigenvalue weighted by molar-refractivity contribution is 0.476. The van der Waals surface area contributed by atoms with Gasteiger partial charge in [-0.15, -0.1) is 0 Å². The van der Waals surface area contributed by atoms with Crippen molar-refractivity contribution in [2.24, 2.45) is 5.92 Å². The molecule has 21 heavy (non-hydrogen) atoms. The van der Waals surface area contributed by atoms with E-state index in [1.54, 1.807) is 18.2 Å². The smallest absolute Gasteiger partial charge is 0.240 e. The van der Waals surface area contributed by atoms with Crippen LogP contribution in [0.25, 0.3) is 0 Å². The largest absolute Gasteiger partial charge is 0.310 e. The van der Waals surface area contributed by atoms with Crippen molar-refractivity contribution in [3.8, 4) is 0 Å². The molecule has 0 spiro atoms. The minimum absolute atomic E-state index is 0.0886. The monoisotopic (exact) mass is 312 g/mol. The van der Waals surface area contributed by atoms with Gasteiger partial charge in [0.1, 0.15) is 0 Å². The molecular formula is C16H28N2O2S. The minimum atomic E-state index is -3.46. The Bertz CT molecular complexity index is 541. The van der Waals surface area contributed by atoms with Crippen molar-refractivity contribution >= 4 is 10.0 Å². The maximum absolute atomic E-state index is 12.4. The normalized spacial score (nSPS) is 15.1. The Morgan fingerprint density at radius 3 is 2.38 bits per heavy atom. The van der Waals surface area contributed by atoms with Gasteiger partial charge in [-0.05, 0) is 50.4 Å². The lowest BCUT2D eigenvalue weighted by Gasteiger charge is -2.19. The second-order valence-electron chi connectivity index (χ2n) is 5.90. The molecule has 0 radical (unpaired) electrons. The van der Waals surface area contributed by atoms with Crippen molar-refractivity contribution in [2.75, 3.05) is 6.54 Å². The summed E-state index contributed by atoms with van der Waals surface area (Å²) in [7, 11) is -3.46. The Hall–Kier alpha value is -0.910. The third-order valence-corrected chi connectivity index (χ3v) is 5.27. The van der Waals surface area contributed by atoms with Crippen LogP contribution in [0.2, 0.25) is 0 Å². The van der Waals surface area contributed by atoms with Gasteiger partial charge in [0, 0.05) is 12.1 Å². The summed E-state index contributed by atoms with van der Waals surface area (Å²) in [4.78, 5) is 0.331. The van der Waals surface area contributed by atoms with Crippen LogP contribution in [0.4, 0.5) is 0 Å². The highest BCUT2D eigenvalue weighted by atomic mass is 32.2. The summed E-state index contributed by atoms with van der Waals surface area (Å²) in [6.07, 6.45) is 1.05. The van der Waals surface area contributed by atoms with Crippen molar-refractivity contribution in [3.05, 3.63) is 29.8 Å². The number of benzene rings is 1. The molecule has 120 valence electrons. The fourth-order valence-electron chi connectivity index (χ4n) is 1.88. The molecule has 0 heterocycles. The van der Waals surface area contributed by atoms with Crippen molar-refractivity contribution < 1.29 is 8.42 Å². The van der Waals surface area contributed by atoms with E-state index >= 15 is 0 Å². The summed E-state index contributed by atoms with van der Waals surface area (Å²) in [6, 6.07) is 7.21. The molecule has 0 bridgehead atoms. The number of hydrogen-bond acceptors (Lipinski definition) is 3. The summed E-state index contributed by atoms with van der Waals surface area (Å²) < 4.78 is 27.5. The summed E-state index contributed by atoms with van der Waals surface area (Å²) in [5.41, 5.74) is 0.989. The summed E-state index contributed by atoms with van der Waals surface area (Å²) in [5.74, 6) is 0.258. The van der Waals surface area contributed by atoms with Crippen molar-refractivity contribution in [1.82, 2.24) is 10.0 Å². The van der Waals surface area contributed by atoms with E-state index in [4.69, 9.17) is 0 Å². The Morgan fingerprint density at radius 1 is 1.14 bits per heavy atom. The molecule has 5 heteroatoms. The predicted octanol–water partition coefficient (Wildman–Crippen LogP) is 3.07. The molecule has 0 saturated carbocycles. The van der Waals surface area contributed by atoms with Gasteiger partial charge in [0.15, 0.2) is 0 Å². The highest BCUT2D eigenvalue weighted by molar-refractivity contribution is 7.89. The van der Waals surface area contributed by atoms with Gasteiger partial charge in [-0.3, -0.25) is 0 Å². The maximum Gasteiger partial charge on any atom is 0.240 e. The molecule has 0 aromatic heterocycles. The van der Waals surface area contributed by atoms with E-state index in [2.05, 4.69) is 17.0 Å². The topological polar surface area (TPSA) is 58.2 Å². The number of rotatable bonds is 8. The van der Waals surface area contributed by atoms with Gasteiger partial charge < -0.3 is 5.32 Å². The molecule has 0 aliphatic rings. The molecule has 0 aliphatic heterocycles. The minimum Gasteiger partial charge on any atom is -0.310 e. The molecule has 0 amide bonds. The zero-order chi connectivity index (χ0) is 16.0. The van der Waals surface area contributed by atoms with Crippen molar-refractivity contribution in [2.45, 2.75) is 58.0 Å². The molecule has 1 rings (SSSR count). The van der Waals surface area contributed by atoms with Gasteiger partial charge in [0.05, 0.1) is 4.90 Å². The first-order chi connectivity index (χ1) is 9.77. The molecule has 0 aliphatic carbocycles. The molecule has 2 N–H and O–H groups in total. The zero-order valence-electron chi connectivity index (χ0n) is 13.7. The SMILES string of the molecule is CCCNC(C)c1cccc(S(=O)(=O)NC(C)C(C)C)c1. The second-order valence-corrected chi connectivity index (χ2v) is 7.62. The lowest BCUT2D eigenvalue weighted by atomic mass is 10.1. The molecule has 0 saturated heterocycles. The van der Waals surface area contributed by atoms with Crippen molar-refractivity contribution in [1.29, 1.82) is 0 Å². The van der Waals surface area contributed by atoms with E-state index in [0.29, 0.717) is 4.90 Å².